The van der Waals surface area contributed by atoms with Crippen LogP contribution in [0.1, 0.15) is 16.7 Å². The highest BCUT2D eigenvalue weighted by molar-refractivity contribution is 5.91. The standard InChI is InChI=1S/C15H17N3O/c1-11-4-2-3-5-13(11)8-15(19)18-14-7-6-12(9-16)10-17-14/h2-7,10H,8-9,16H2,1H3,(H,17,18,19). The molecule has 3 N–H and O–H groups in total. The van der Waals surface area contributed by atoms with Crippen molar-refractivity contribution in [2.75, 3.05) is 5.32 Å². The molecule has 2 aromatic rings. The fourth-order valence-corrected chi connectivity index (χ4v) is 1.79. The summed E-state index contributed by atoms with van der Waals surface area (Å²) < 4.78 is 0. The molecule has 0 radical (unpaired) electrons. The summed E-state index contributed by atoms with van der Waals surface area (Å²) >= 11 is 0. The maximum absolute atomic E-state index is 11.9. The number of hydrogen-bond donors (Lipinski definition) is 2. The fraction of sp³-hybridized carbons (Fsp3) is 0.200. The number of anilines is 1. The zero-order valence-corrected chi connectivity index (χ0v) is 10.9. The summed E-state index contributed by atoms with van der Waals surface area (Å²) in [6, 6.07) is 11.5. The highest BCUT2D eigenvalue weighted by Crippen LogP contribution is 2.10. The third-order valence-electron chi connectivity index (χ3n) is 2.94. The van der Waals surface area contributed by atoms with Crippen molar-refractivity contribution in [3.63, 3.8) is 0 Å². The van der Waals surface area contributed by atoms with Crippen molar-refractivity contribution in [2.45, 2.75) is 19.9 Å². The van der Waals surface area contributed by atoms with Gasteiger partial charge in [0.05, 0.1) is 6.42 Å². The Labute approximate surface area is 112 Å². The zero-order valence-electron chi connectivity index (χ0n) is 10.9. The van der Waals surface area contributed by atoms with Crippen molar-refractivity contribution in [3.8, 4) is 0 Å². The normalized spacial score (nSPS) is 10.2. The summed E-state index contributed by atoms with van der Waals surface area (Å²) in [6.45, 7) is 2.45. The maximum Gasteiger partial charge on any atom is 0.229 e. The van der Waals surface area contributed by atoms with Crippen molar-refractivity contribution in [3.05, 3.63) is 59.3 Å². The monoisotopic (exact) mass is 255 g/mol. The lowest BCUT2D eigenvalue weighted by Gasteiger charge is -2.07. The Balaban J connectivity index is 1.99. The van der Waals surface area contributed by atoms with Gasteiger partial charge in [-0.1, -0.05) is 30.3 Å². The predicted octanol–water partition coefficient (Wildman–Crippen LogP) is 2.03. The van der Waals surface area contributed by atoms with Crippen LogP contribution < -0.4 is 11.1 Å². The molecule has 1 aromatic heterocycles. The molecule has 0 aliphatic carbocycles. The number of aromatic nitrogens is 1. The summed E-state index contributed by atoms with van der Waals surface area (Å²) in [4.78, 5) is 16.1. The van der Waals surface area contributed by atoms with Crippen molar-refractivity contribution in [1.82, 2.24) is 4.98 Å². The van der Waals surface area contributed by atoms with Gasteiger partial charge in [-0.25, -0.2) is 4.98 Å². The van der Waals surface area contributed by atoms with Gasteiger partial charge >= 0.3 is 0 Å². The first-order valence-electron chi connectivity index (χ1n) is 6.18. The number of nitrogens with two attached hydrogens (primary N) is 1. The van der Waals surface area contributed by atoms with E-state index in [2.05, 4.69) is 10.3 Å². The molecule has 0 unspecified atom stereocenters. The van der Waals surface area contributed by atoms with Gasteiger partial charge in [0, 0.05) is 12.7 Å². The van der Waals surface area contributed by atoms with E-state index < -0.39 is 0 Å². The number of amides is 1. The van der Waals surface area contributed by atoms with Crippen LogP contribution in [0.3, 0.4) is 0 Å². The Morgan fingerprint density at radius 2 is 2.05 bits per heavy atom. The minimum absolute atomic E-state index is 0.0673. The van der Waals surface area contributed by atoms with Crippen LogP contribution in [0.25, 0.3) is 0 Å². The Hall–Kier alpha value is -2.20. The number of carbonyl (C=O) groups is 1. The molecule has 19 heavy (non-hydrogen) atoms. The van der Waals surface area contributed by atoms with Gasteiger partial charge in [0.2, 0.25) is 5.91 Å². The molecule has 0 aliphatic rings. The molecule has 2 rings (SSSR count). The van der Waals surface area contributed by atoms with E-state index in [-0.39, 0.29) is 5.91 Å². The molecule has 0 bridgehead atoms. The summed E-state index contributed by atoms with van der Waals surface area (Å²) in [5, 5.41) is 2.78. The van der Waals surface area contributed by atoms with Crippen LogP contribution in [0.5, 0.6) is 0 Å². The Bertz CT molecular complexity index is 564. The van der Waals surface area contributed by atoms with E-state index in [4.69, 9.17) is 5.73 Å². The van der Waals surface area contributed by atoms with Crippen molar-refractivity contribution < 1.29 is 4.79 Å². The number of nitrogens with one attached hydrogen (secondary N) is 1. The second-order valence-electron chi connectivity index (χ2n) is 4.41. The molecule has 1 aromatic carbocycles. The number of benzene rings is 1. The summed E-state index contributed by atoms with van der Waals surface area (Å²) in [5.41, 5.74) is 8.58. The Kier molecular flexibility index (Phi) is 4.26. The number of pyridine rings is 1. The van der Waals surface area contributed by atoms with Crippen molar-refractivity contribution in [2.24, 2.45) is 5.73 Å². The molecule has 0 saturated carbocycles. The number of carbonyl (C=O) groups excluding carboxylic acids is 1. The summed E-state index contributed by atoms with van der Waals surface area (Å²) in [6.07, 6.45) is 2.02. The van der Waals surface area contributed by atoms with Gasteiger partial charge in [-0.05, 0) is 29.7 Å². The molecule has 4 nitrogen and oxygen atoms in total. The first kappa shape index (κ1) is 13.2. The molecule has 0 aliphatic heterocycles. The number of hydrogen-bond acceptors (Lipinski definition) is 3. The van der Waals surface area contributed by atoms with E-state index in [9.17, 15) is 4.79 Å². The smallest absolute Gasteiger partial charge is 0.229 e. The van der Waals surface area contributed by atoms with E-state index in [1.807, 2.05) is 37.3 Å². The van der Waals surface area contributed by atoms with Crippen molar-refractivity contribution in [1.29, 1.82) is 0 Å². The molecular weight excluding hydrogens is 238 g/mol. The van der Waals surface area contributed by atoms with Crippen LogP contribution in [-0.2, 0) is 17.8 Å². The van der Waals surface area contributed by atoms with E-state index in [0.717, 1.165) is 16.7 Å². The van der Waals surface area contributed by atoms with E-state index in [1.54, 1.807) is 12.3 Å². The lowest BCUT2D eigenvalue weighted by Crippen LogP contribution is -2.16. The summed E-state index contributed by atoms with van der Waals surface area (Å²) in [7, 11) is 0. The van der Waals surface area contributed by atoms with Crippen LogP contribution in [0.2, 0.25) is 0 Å². The summed E-state index contributed by atoms with van der Waals surface area (Å²) in [5.74, 6) is 0.484. The van der Waals surface area contributed by atoms with Crippen LogP contribution in [0.4, 0.5) is 5.82 Å². The first-order chi connectivity index (χ1) is 9.19. The lowest BCUT2D eigenvalue weighted by molar-refractivity contribution is -0.115. The van der Waals surface area contributed by atoms with Gasteiger partial charge < -0.3 is 11.1 Å². The largest absolute Gasteiger partial charge is 0.326 e. The SMILES string of the molecule is Cc1ccccc1CC(=O)Nc1ccc(CN)cn1. The quantitative estimate of drug-likeness (QED) is 0.878. The first-order valence-corrected chi connectivity index (χ1v) is 6.18. The average molecular weight is 255 g/mol. The molecule has 0 fully saturated rings. The third kappa shape index (κ3) is 3.63. The third-order valence-corrected chi connectivity index (χ3v) is 2.94. The molecule has 0 saturated heterocycles. The predicted molar refractivity (Wildman–Crippen MR) is 75.6 cm³/mol. The fourth-order valence-electron chi connectivity index (χ4n) is 1.79. The molecule has 0 spiro atoms. The van der Waals surface area contributed by atoms with Gasteiger partial charge in [-0.15, -0.1) is 0 Å². The van der Waals surface area contributed by atoms with E-state index in [1.165, 1.54) is 0 Å². The number of rotatable bonds is 4. The minimum atomic E-state index is -0.0673. The Morgan fingerprint density at radius 3 is 2.68 bits per heavy atom. The van der Waals surface area contributed by atoms with Crippen LogP contribution >= 0.6 is 0 Å². The zero-order chi connectivity index (χ0) is 13.7. The molecular formula is C15H17N3O. The van der Waals surface area contributed by atoms with Gasteiger partial charge in [-0.2, -0.15) is 0 Å². The highest BCUT2D eigenvalue weighted by atomic mass is 16.1. The molecule has 1 amide bonds. The van der Waals surface area contributed by atoms with E-state index >= 15 is 0 Å². The van der Waals surface area contributed by atoms with Gasteiger partial charge in [0.15, 0.2) is 0 Å². The van der Waals surface area contributed by atoms with Crippen LogP contribution in [0.15, 0.2) is 42.6 Å². The number of nitrogens with zero attached hydrogens (tertiary/aromatic N) is 1. The highest BCUT2D eigenvalue weighted by Gasteiger charge is 2.06. The second-order valence-corrected chi connectivity index (χ2v) is 4.41. The van der Waals surface area contributed by atoms with Crippen molar-refractivity contribution >= 4 is 11.7 Å². The van der Waals surface area contributed by atoms with Gasteiger partial charge in [0.1, 0.15) is 5.82 Å². The van der Waals surface area contributed by atoms with Crippen LogP contribution in [0, 0.1) is 6.92 Å². The maximum atomic E-state index is 11.9. The molecule has 98 valence electrons. The second kappa shape index (κ2) is 6.11. The topological polar surface area (TPSA) is 68.0 Å². The van der Waals surface area contributed by atoms with Crippen LogP contribution in [-0.4, -0.2) is 10.9 Å². The van der Waals surface area contributed by atoms with Gasteiger partial charge in [-0.3, -0.25) is 4.79 Å². The lowest BCUT2D eigenvalue weighted by atomic mass is 10.1. The minimum Gasteiger partial charge on any atom is -0.326 e. The molecule has 4 heteroatoms. The molecule has 1 heterocycles. The average Bonchev–Trinajstić information content (AvgIpc) is 2.42. The number of aryl methyl sites for hydroxylation is 1. The van der Waals surface area contributed by atoms with E-state index in [0.29, 0.717) is 18.8 Å². The van der Waals surface area contributed by atoms with Gasteiger partial charge in [0.25, 0.3) is 0 Å². The Morgan fingerprint density at radius 1 is 1.26 bits per heavy atom. The molecule has 0 atom stereocenters.